The predicted octanol–water partition coefficient (Wildman–Crippen LogP) is 2.32. The minimum atomic E-state index is -0.282. The Morgan fingerprint density at radius 2 is 2.18 bits per heavy atom. The highest BCUT2D eigenvalue weighted by molar-refractivity contribution is 7.09. The number of aromatic nitrogens is 4. The second kappa shape index (κ2) is 6.15. The zero-order valence-corrected chi connectivity index (χ0v) is 13.2. The summed E-state index contributed by atoms with van der Waals surface area (Å²) in [7, 11) is 0. The Morgan fingerprint density at radius 1 is 1.36 bits per heavy atom. The molecule has 0 unspecified atom stereocenters. The van der Waals surface area contributed by atoms with Crippen LogP contribution in [0.5, 0.6) is 5.75 Å². The molecule has 0 aliphatic rings. The summed E-state index contributed by atoms with van der Waals surface area (Å²) in [6.45, 7) is 4.39. The molecule has 0 aliphatic heterocycles. The monoisotopic (exact) mass is 316 g/mol. The molecular weight excluding hydrogens is 300 g/mol. The smallest absolute Gasteiger partial charge is 0.348 e. The van der Waals surface area contributed by atoms with E-state index in [1.165, 1.54) is 0 Å². The first kappa shape index (κ1) is 14.5. The molecule has 1 aromatic carbocycles. The Hall–Kier alpha value is -2.41. The normalized spacial score (nSPS) is 10.8. The Labute approximate surface area is 131 Å². The van der Waals surface area contributed by atoms with E-state index in [2.05, 4.69) is 15.2 Å². The van der Waals surface area contributed by atoms with Crippen LogP contribution in [0.2, 0.25) is 0 Å². The molecule has 0 aliphatic carbocycles. The van der Waals surface area contributed by atoms with Crippen molar-refractivity contribution in [3.63, 3.8) is 0 Å². The third-order valence-electron chi connectivity index (χ3n) is 3.12. The van der Waals surface area contributed by atoms with Gasteiger partial charge in [-0.05, 0) is 26.0 Å². The Kier molecular flexibility index (Phi) is 4.06. The molecule has 0 bridgehead atoms. The highest BCUT2D eigenvalue weighted by Gasteiger charge is 2.15. The number of aromatic amines is 1. The third-order valence-corrected chi connectivity index (χ3v) is 4.09. The number of benzene rings is 1. The summed E-state index contributed by atoms with van der Waals surface area (Å²) in [5.41, 5.74) is 1.38. The molecule has 0 atom stereocenters. The lowest BCUT2D eigenvalue weighted by Gasteiger charge is -2.11. The highest BCUT2D eigenvalue weighted by Crippen LogP contribution is 2.23. The van der Waals surface area contributed by atoms with Gasteiger partial charge in [-0.25, -0.2) is 19.4 Å². The van der Waals surface area contributed by atoms with Crippen molar-refractivity contribution in [2.45, 2.75) is 20.3 Å². The van der Waals surface area contributed by atoms with Crippen LogP contribution in [-0.4, -0.2) is 26.4 Å². The minimum absolute atomic E-state index is 0.282. The molecule has 0 spiro atoms. The van der Waals surface area contributed by atoms with E-state index in [0.29, 0.717) is 30.3 Å². The fraction of sp³-hybridized carbons (Fsp3) is 0.267. The van der Waals surface area contributed by atoms with Crippen molar-refractivity contribution < 1.29 is 4.74 Å². The summed E-state index contributed by atoms with van der Waals surface area (Å²) in [4.78, 5) is 16.6. The zero-order chi connectivity index (χ0) is 15.5. The Balaban J connectivity index is 2.04. The quantitative estimate of drug-likeness (QED) is 0.784. The van der Waals surface area contributed by atoms with E-state index in [1.54, 1.807) is 15.9 Å². The minimum Gasteiger partial charge on any atom is -0.492 e. The van der Waals surface area contributed by atoms with Gasteiger partial charge in [0, 0.05) is 11.1 Å². The lowest BCUT2D eigenvalue weighted by molar-refractivity contribution is 0.338. The molecule has 0 radical (unpaired) electrons. The van der Waals surface area contributed by atoms with Gasteiger partial charge >= 0.3 is 5.69 Å². The second-order valence-electron chi connectivity index (χ2n) is 4.74. The summed E-state index contributed by atoms with van der Waals surface area (Å²) >= 11 is 1.56. The predicted molar refractivity (Wildman–Crippen MR) is 85.0 cm³/mol. The molecule has 1 N–H and O–H groups in total. The van der Waals surface area contributed by atoms with Gasteiger partial charge in [-0.1, -0.05) is 12.1 Å². The largest absolute Gasteiger partial charge is 0.492 e. The Bertz CT molecular complexity index is 834. The summed E-state index contributed by atoms with van der Waals surface area (Å²) < 4.78 is 7.15. The van der Waals surface area contributed by atoms with Crippen molar-refractivity contribution in [3.05, 3.63) is 56.7 Å². The lowest BCUT2D eigenvalue weighted by Crippen LogP contribution is -2.18. The number of nitrogens with zero attached hydrogens (tertiary/aromatic N) is 3. The second-order valence-corrected chi connectivity index (χ2v) is 5.68. The highest BCUT2D eigenvalue weighted by atomic mass is 32.1. The van der Waals surface area contributed by atoms with Gasteiger partial charge in [-0.3, -0.25) is 0 Å². The van der Waals surface area contributed by atoms with Crippen LogP contribution in [0.25, 0.3) is 5.69 Å². The SMILES string of the molecule is CCOc1ccccc1-n1c(Cc2nc(C)cs2)n[nH]c1=O. The van der Waals surface area contributed by atoms with E-state index in [0.717, 1.165) is 10.7 Å². The van der Waals surface area contributed by atoms with E-state index in [4.69, 9.17) is 4.74 Å². The van der Waals surface area contributed by atoms with Crippen LogP contribution in [0.15, 0.2) is 34.4 Å². The maximum atomic E-state index is 12.2. The zero-order valence-electron chi connectivity index (χ0n) is 12.4. The van der Waals surface area contributed by atoms with Crippen LogP contribution in [0.1, 0.15) is 23.4 Å². The molecule has 6 nitrogen and oxygen atoms in total. The van der Waals surface area contributed by atoms with Crippen LogP contribution < -0.4 is 10.4 Å². The molecule has 22 heavy (non-hydrogen) atoms. The maximum absolute atomic E-state index is 12.2. The van der Waals surface area contributed by atoms with Crippen LogP contribution in [0.4, 0.5) is 0 Å². The van der Waals surface area contributed by atoms with Crippen molar-refractivity contribution >= 4 is 11.3 Å². The fourth-order valence-electron chi connectivity index (χ4n) is 2.24. The van der Waals surface area contributed by atoms with Crippen LogP contribution >= 0.6 is 11.3 Å². The average molecular weight is 316 g/mol. The number of H-pyrrole nitrogens is 1. The summed E-state index contributed by atoms with van der Waals surface area (Å²) in [5.74, 6) is 1.27. The van der Waals surface area contributed by atoms with E-state index >= 15 is 0 Å². The summed E-state index contributed by atoms with van der Waals surface area (Å²) in [6.07, 6.45) is 0.498. The Morgan fingerprint density at radius 3 is 2.91 bits per heavy atom. The van der Waals surface area contributed by atoms with Gasteiger partial charge in [0.05, 0.1) is 18.7 Å². The summed E-state index contributed by atoms with van der Waals surface area (Å²) in [6, 6.07) is 7.44. The standard InChI is InChI=1S/C15H16N4O2S/c1-3-21-12-7-5-4-6-11(12)19-13(17-18-15(19)20)8-14-16-10(2)9-22-14/h4-7,9H,3,8H2,1-2H3,(H,18,20). The number of rotatable bonds is 5. The van der Waals surface area contributed by atoms with Crippen molar-refractivity contribution in [2.24, 2.45) is 0 Å². The molecule has 3 rings (SSSR count). The summed E-state index contributed by atoms with van der Waals surface area (Å²) in [5, 5.41) is 9.55. The maximum Gasteiger partial charge on any atom is 0.348 e. The van der Waals surface area contributed by atoms with Gasteiger partial charge < -0.3 is 4.74 Å². The molecule has 0 fully saturated rings. The molecule has 0 saturated heterocycles. The molecular formula is C15H16N4O2S. The number of hydrogen-bond acceptors (Lipinski definition) is 5. The number of aryl methyl sites for hydroxylation is 1. The van der Waals surface area contributed by atoms with Gasteiger partial charge in [-0.2, -0.15) is 5.10 Å². The van der Waals surface area contributed by atoms with Crippen LogP contribution in [-0.2, 0) is 6.42 Å². The first-order chi connectivity index (χ1) is 10.7. The van der Waals surface area contributed by atoms with E-state index in [9.17, 15) is 4.79 Å². The van der Waals surface area contributed by atoms with Crippen molar-refractivity contribution in [1.29, 1.82) is 0 Å². The van der Waals surface area contributed by atoms with Crippen LogP contribution in [0, 0.1) is 6.92 Å². The van der Waals surface area contributed by atoms with Crippen molar-refractivity contribution in [1.82, 2.24) is 19.7 Å². The molecule has 0 saturated carbocycles. The molecule has 3 aromatic rings. The topological polar surface area (TPSA) is 72.8 Å². The lowest BCUT2D eigenvalue weighted by atomic mass is 10.2. The van der Waals surface area contributed by atoms with E-state index in [1.807, 2.05) is 43.5 Å². The average Bonchev–Trinajstić information content (AvgIpc) is 3.07. The van der Waals surface area contributed by atoms with Crippen molar-refractivity contribution in [3.8, 4) is 11.4 Å². The number of ether oxygens (including phenoxy) is 1. The number of thiazole rings is 1. The third kappa shape index (κ3) is 2.80. The van der Waals surface area contributed by atoms with Gasteiger partial charge in [0.15, 0.2) is 0 Å². The molecule has 2 heterocycles. The number of hydrogen-bond donors (Lipinski definition) is 1. The number of para-hydroxylation sites is 2. The van der Waals surface area contributed by atoms with E-state index < -0.39 is 0 Å². The van der Waals surface area contributed by atoms with Gasteiger partial charge in [-0.15, -0.1) is 11.3 Å². The van der Waals surface area contributed by atoms with Crippen molar-refractivity contribution in [2.75, 3.05) is 6.61 Å². The first-order valence-electron chi connectivity index (χ1n) is 6.98. The molecule has 7 heteroatoms. The first-order valence-corrected chi connectivity index (χ1v) is 7.86. The molecule has 114 valence electrons. The number of nitrogens with one attached hydrogen (secondary N) is 1. The molecule has 0 amide bonds. The molecule has 2 aromatic heterocycles. The van der Waals surface area contributed by atoms with E-state index in [-0.39, 0.29) is 5.69 Å². The van der Waals surface area contributed by atoms with Gasteiger partial charge in [0.25, 0.3) is 0 Å². The van der Waals surface area contributed by atoms with Crippen LogP contribution in [0.3, 0.4) is 0 Å². The van der Waals surface area contributed by atoms with Gasteiger partial charge in [0.2, 0.25) is 0 Å². The van der Waals surface area contributed by atoms with Gasteiger partial charge in [0.1, 0.15) is 16.6 Å². The fourth-order valence-corrected chi connectivity index (χ4v) is 3.00.